The van der Waals surface area contributed by atoms with Gasteiger partial charge in [0, 0.05) is 41.7 Å². The molecule has 6 heterocycles. The average molecular weight is 816 g/mol. The minimum absolute atomic E-state index is 0.0471. The SMILES string of the molecule is COc1cc2c(cc1OC(C)C)CCN[C@H]2C(=O)O[C@]12c3c(OC(C)=O)c(C)c4c(c3C1N1[C@H](C3c5c(cc(C)c(OC)c5O)C5(C)C[C@@H]([C@@H]1O)N35)[C@@H]2SC)OCO4. The monoisotopic (exact) mass is 815 g/mol. The van der Waals surface area contributed by atoms with E-state index in [1.54, 1.807) is 21.1 Å². The van der Waals surface area contributed by atoms with E-state index in [-0.39, 0.29) is 30.4 Å². The summed E-state index contributed by atoms with van der Waals surface area (Å²) < 4.78 is 43.0. The summed E-state index contributed by atoms with van der Waals surface area (Å²) in [5.74, 6) is 1.67. The van der Waals surface area contributed by atoms with Crippen LogP contribution in [0.15, 0.2) is 18.2 Å². The van der Waals surface area contributed by atoms with E-state index >= 15 is 4.79 Å². The fraction of sp³-hybridized carbons (Fsp3) is 0.535. The van der Waals surface area contributed by atoms with Crippen LogP contribution in [0.3, 0.4) is 0 Å². The molecule has 0 spiro atoms. The molecule has 0 amide bonds. The van der Waals surface area contributed by atoms with Gasteiger partial charge in [-0.1, -0.05) is 0 Å². The molecule has 0 radical (unpaired) electrons. The summed E-state index contributed by atoms with van der Waals surface area (Å²) >= 11 is 1.52. The number of rotatable bonds is 8. The smallest absolute Gasteiger partial charge is 0.328 e. The number of phenols is 1. The van der Waals surface area contributed by atoms with Gasteiger partial charge in [0.25, 0.3) is 0 Å². The lowest BCUT2D eigenvalue weighted by Gasteiger charge is -2.63. The number of benzene rings is 3. The molecule has 308 valence electrons. The molecule has 3 aromatic rings. The van der Waals surface area contributed by atoms with Gasteiger partial charge in [-0.2, -0.15) is 11.8 Å². The Hall–Kier alpha value is -4.41. The van der Waals surface area contributed by atoms with Gasteiger partial charge >= 0.3 is 11.9 Å². The molecule has 1 aliphatic carbocycles. The number of esters is 2. The number of hydrogen-bond donors (Lipinski definition) is 3. The Morgan fingerprint density at radius 2 is 1.81 bits per heavy atom. The minimum Gasteiger partial charge on any atom is -0.504 e. The fourth-order valence-corrected chi connectivity index (χ4v) is 12.9. The van der Waals surface area contributed by atoms with Crippen LogP contribution in [-0.4, -0.2) is 95.4 Å². The number of methoxy groups -OCH3 is 2. The first-order valence-electron chi connectivity index (χ1n) is 19.9. The standard InChI is InChI=1S/C43H49N3O11S/c1-17(2)55-26-13-21-10-11-44-30(22(21)14-25(26)51-7)41(50)57-43-29-28(37-36(53-16-54-37)19(4)35(29)56-20(5)47)38(43)45-32(39(43)58-9)31-27-23(12-18(3)34(52-8)33(27)48)42(6)15-24(40(45)49)46(31)42/h12-14,17,24,30-32,38-40,44,48-49H,10-11,15-16H2,1-9H3/t24-,30+,31?,32+,38?,39-,40-,42?,43+/m0/s1. The van der Waals surface area contributed by atoms with E-state index in [4.69, 9.17) is 33.2 Å². The van der Waals surface area contributed by atoms with Crippen LogP contribution >= 0.6 is 11.8 Å². The number of thioether (sulfide) groups is 1. The Morgan fingerprint density at radius 3 is 2.50 bits per heavy atom. The van der Waals surface area contributed by atoms with Crippen LogP contribution in [0.5, 0.6) is 40.2 Å². The molecule has 0 bridgehead atoms. The maximum atomic E-state index is 15.2. The molecule has 3 unspecified atom stereocenters. The first kappa shape index (κ1) is 37.8. The molecule has 0 aromatic heterocycles. The Bertz CT molecular complexity index is 2320. The van der Waals surface area contributed by atoms with E-state index in [1.165, 1.54) is 18.7 Å². The molecule has 3 aromatic carbocycles. The minimum atomic E-state index is -1.47. The van der Waals surface area contributed by atoms with E-state index in [2.05, 4.69) is 28.1 Å². The fourth-order valence-electron chi connectivity index (χ4n) is 11.7. The lowest BCUT2D eigenvalue weighted by Crippen LogP contribution is -2.73. The van der Waals surface area contributed by atoms with Crippen molar-refractivity contribution in [2.45, 2.75) is 113 Å². The average Bonchev–Trinajstić information content (AvgIpc) is 3.80. The first-order valence-corrected chi connectivity index (χ1v) is 21.2. The second-order valence-electron chi connectivity index (χ2n) is 17.0. The molecule has 7 aliphatic rings. The molecule has 9 atom stereocenters. The lowest BCUT2D eigenvalue weighted by molar-refractivity contribution is -0.237. The molecule has 0 saturated carbocycles. The van der Waals surface area contributed by atoms with Crippen molar-refractivity contribution < 1.29 is 53.0 Å². The molecule has 3 fully saturated rings. The van der Waals surface area contributed by atoms with E-state index in [0.29, 0.717) is 70.4 Å². The lowest BCUT2D eigenvalue weighted by atomic mass is 9.66. The van der Waals surface area contributed by atoms with Crippen LogP contribution in [-0.2, 0) is 31.9 Å². The summed E-state index contributed by atoms with van der Waals surface area (Å²) in [6, 6.07) is 3.02. The third-order valence-corrected chi connectivity index (χ3v) is 14.8. The van der Waals surface area contributed by atoms with Gasteiger partial charge in [-0.15, -0.1) is 0 Å². The second kappa shape index (κ2) is 12.8. The number of nitrogens with one attached hydrogen (secondary N) is 1. The molecule has 14 nitrogen and oxygen atoms in total. The largest absolute Gasteiger partial charge is 0.504 e. The summed E-state index contributed by atoms with van der Waals surface area (Å²) in [7, 11) is 3.13. The van der Waals surface area contributed by atoms with Gasteiger partial charge in [0.2, 0.25) is 6.79 Å². The zero-order valence-corrected chi connectivity index (χ0v) is 34.9. The maximum Gasteiger partial charge on any atom is 0.328 e. The van der Waals surface area contributed by atoms with Crippen molar-refractivity contribution >= 4 is 23.7 Å². The summed E-state index contributed by atoms with van der Waals surface area (Å²) in [6.07, 6.45) is 2.19. The van der Waals surface area contributed by atoms with E-state index in [9.17, 15) is 15.0 Å². The van der Waals surface area contributed by atoms with Gasteiger partial charge in [-0.25, -0.2) is 4.79 Å². The number of piperazine rings is 1. The van der Waals surface area contributed by atoms with Crippen molar-refractivity contribution in [3.05, 3.63) is 62.7 Å². The quantitative estimate of drug-likeness (QED) is 0.207. The van der Waals surface area contributed by atoms with Crippen molar-refractivity contribution in [3.8, 4) is 40.2 Å². The topological polar surface area (TPSA) is 158 Å². The summed E-state index contributed by atoms with van der Waals surface area (Å²) in [6.45, 7) is 11.6. The molecule has 10 rings (SSSR count). The van der Waals surface area contributed by atoms with Crippen molar-refractivity contribution in [3.63, 3.8) is 0 Å². The normalized spacial score (nSPS) is 31.8. The summed E-state index contributed by atoms with van der Waals surface area (Å²) in [5, 5.41) is 27.6. The Morgan fingerprint density at radius 1 is 1.05 bits per heavy atom. The zero-order chi connectivity index (χ0) is 40.9. The van der Waals surface area contributed by atoms with Gasteiger partial charge < -0.3 is 48.7 Å². The maximum absolute atomic E-state index is 15.2. The highest BCUT2D eigenvalue weighted by Gasteiger charge is 2.80. The highest BCUT2D eigenvalue weighted by molar-refractivity contribution is 7.99. The summed E-state index contributed by atoms with van der Waals surface area (Å²) in [4.78, 5) is 32.5. The van der Waals surface area contributed by atoms with E-state index < -0.39 is 58.7 Å². The van der Waals surface area contributed by atoms with E-state index in [0.717, 1.165) is 22.3 Å². The third-order valence-electron chi connectivity index (χ3n) is 13.7. The van der Waals surface area contributed by atoms with Crippen molar-refractivity contribution in [2.24, 2.45) is 0 Å². The van der Waals surface area contributed by atoms with Crippen LogP contribution in [0.1, 0.15) is 96.7 Å². The van der Waals surface area contributed by atoms with Gasteiger partial charge in [-0.3, -0.25) is 14.6 Å². The van der Waals surface area contributed by atoms with Crippen molar-refractivity contribution in [1.82, 2.24) is 15.1 Å². The predicted molar refractivity (Wildman–Crippen MR) is 211 cm³/mol. The van der Waals surface area contributed by atoms with Gasteiger partial charge in [0.05, 0.1) is 49.3 Å². The van der Waals surface area contributed by atoms with Gasteiger partial charge in [0.15, 0.2) is 40.1 Å². The molecule has 15 heteroatoms. The van der Waals surface area contributed by atoms with Crippen LogP contribution in [0.25, 0.3) is 0 Å². The van der Waals surface area contributed by atoms with Crippen LogP contribution in [0.2, 0.25) is 0 Å². The number of fused-ring (bicyclic) bond motifs is 13. The number of carbonyl (C=O) groups is 2. The van der Waals surface area contributed by atoms with Crippen LogP contribution < -0.4 is 33.7 Å². The third kappa shape index (κ3) is 4.59. The number of phenolic OH excluding ortho intramolecular Hbond substituents is 1. The number of aromatic hydroxyl groups is 1. The predicted octanol–water partition coefficient (Wildman–Crippen LogP) is 4.94. The highest BCUT2D eigenvalue weighted by atomic mass is 32.2. The van der Waals surface area contributed by atoms with E-state index in [1.807, 2.05) is 39.2 Å². The number of ether oxygens (including phenoxy) is 7. The van der Waals surface area contributed by atoms with Crippen molar-refractivity contribution in [2.75, 3.05) is 33.8 Å². The highest BCUT2D eigenvalue weighted by Crippen LogP contribution is 2.77. The van der Waals surface area contributed by atoms with Crippen LogP contribution in [0.4, 0.5) is 0 Å². The Labute approximate surface area is 341 Å². The Balaban J connectivity index is 1.18. The molecular formula is C43H49N3O11S. The summed E-state index contributed by atoms with van der Waals surface area (Å²) in [5.41, 5.74) is 4.00. The number of aryl methyl sites for hydroxylation is 1. The zero-order valence-electron chi connectivity index (χ0n) is 34.1. The van der Waals surface area contributed by atoms with Crippen LogP contribution in [0, 0.1) is 13.8 Å². The molecule has 3 saturated heterocycles. The number of carbonyl (C=O) groups excluding carboxylic acids is 2. The second-order valence-corrected chi connectivity index (χ2v) is 17.9. The number of nitrogens with zero attached hydrogens (tertiary/aromatic N) is 2. The van der Waals surface area contributed by atoms with Crippen molar-refractivity contribution in [1.29, 1.82) is 0 Å². The molecular weight excluding hydrogens is 767 g/mol. The van der Waals surface area contributed by atoms with Gasteiger partial charge in [-0.05, 0) is 94.2 Å². The molecule has 3 N–H and O–H groups in total. The first-order chi connectivity index (χ1) is 27.7. The molecule has 6 aliphatic heterocycles. The number of aliphatic hydroxyl groups excluding tert-OH is 1. The van der Waals surface area contributed by atoms with Gasteiger partial charge in [0.1, 0.15) is 18.0 Å². The Kier molecular flexibility index (Phi) is 8.35. The number of hydrogen-bond acceptors (Lipinski definition) is 15. The molecule has 58 heavy (non-hydrogen) atoms. The number of aliphatic hydroxyl groups is 1.